The molecule has 0 saturated carbocycles. The fourth-order valence-electron chi connectivity index (χ4n) is 4.02. The van der Waals surface area contributed by atoms with Gasteiger partial charge in [-0.2, -0.15) is 0 Å². The second-order valence-corrected chi connectivity index (χ2v) is 8.31. The Morgan fingerprint density at radius 2 is 2.11 bits per heavy atom. The summed E-state index contributed by atoms with van der Waals surface area (Å²) in [7, 11) is 0. The first-order valence-electron chi connectivity index (χ1n) is 9.17. The molecule has 0 radical (unpaired) electrons. The largest absolute Gasteiger partial charge is 0.493 e. The van der Waals surface area contributed by atoms with Crippen LogP contribution in [0.5, 0.6) is 5.75 Å². The van der Waals surface area contributed by atoms with Crippen molar-refractivity contribution in [2.75, 3.05) is 26.2 Å². The molecule has 1 atom stereocenters. The maximum absolute atomic E-state index is 13.2. The molecule has 3 heterocycles. The van der Waals surface area contributed by atoms with Crippen LogP contribution in [0.1, 0.15) is 16.8 Å². The Labute approximate surface area is 166 Å². The zero-order valence-corrected chi connectivity index (χ0v) is 16.3. The number of rotatable bonds is 1. The Balaban J connectivity index is 1.63. The number of benzene rings is 2. The number of hydrogen-bond acceptors (Lipinski definition) is 4. The van der Waals surface area contributed by atoms with Gasteiger partial charge in [-0.25, -0.2) is 0 Å². The Hall–Kier alpha value is -2.08. The molecule has 27 heavy (non-hydrogen) atoms. The highest BCUT2D eigenvalue weighted by molar-refractivity contribution is 7.17. The number of fused-ring (bicyclic) bond motifs is 3. The van der Waals surface area contributed by atoms with Crippen molar-refractivity contribution in [3.63, 3.8) is 0 Å². The first kappa shape index (κ1) is 17.0. The number of halogens is 1. The van der Waals surface area contributed by atoms with Crippen LogP contribution >= 0.6 is 22.9 Å². The number of piperazine rings is 1. The molecule has 3 aromatic rings. The molecule has 1 amide bonds. The molecule has 138 valence electrons. The van der Waals surface area contributed by atoms with Gasteiger partial charge >= 0.3 is 0 Å². The molecule has 6 heteroatoms. The molecule has 0 aliphatic carbocycles. The SMILES string of the molecule is O=C1c2cc(Cl)c(-c3cccc4sccc34)cc2OCC[C@H]2CNCCN12. The summed E-state index contributed by atoms with van der Waals surface area (Å²) in [5.41, 5.74) is 2.54. The number of carbonyl (C=O) groups excluding carboxylic acids is 1. The molecule has 0 bridgehead atoms. The van der Waals surface area contributed by atoms with Gasteiger partial charge in [-0.05, 0) is 35.2 Å². The number of ether oxygens (including phenoxy) is 1. The molecular weight excluding hydrogens is 380 g/mol. The summed E-state index contributed by atoms with van der Waals surface area (Å²) in [4.78, 5) is 15.1. The van der Waals surface area contributed by atoms with E-state index in [0.29, 0.717) is 22.9 Å². The lowest BCUT2D eigenvalue weighted by atomic mass is 9.98. The number of hydrogen-bond donors (Lipinski definition) is 1. The fourth-order valence-corrected chi connectivity index (χ4v) is 5.10. The summed E-state index contributed by atoms with van der Waals surface area (Å²) < 4.78 is 7.25. The van der Waals surface area contributed by atoms with Gasteiger partial charge in [0.25, 0.3) is 5.91 Å². The van der Waals surface area contributed by atoms with Crippen LogP contribution in [0.4, 0.5) is 0 Å². The smallest absolute Gasteiger partial charge is 0.258 e. The van der Waals surface area contributed by atoms with Gasteiger partial charge in [0.1, 0.15) is 5.75 Å². The maximum Gasteiger partial charge on any atom is 0.258 e. The van der Waals surface area contributed by atoms with E-state index in [1.165, 1.54) is 10.1 Å². The van der Waals surface area contributed by atoms with Gasteiger partial charge in [-0.1, -0.05) is 23.7 Å². The molecule has 0 spiro atoms. The predicted octanol–water partition coefficient (Wildman–Crippen LogP) is 4.42. The quantitative estimate of drug-likeness (QED) is 0.659. The van der Waals surface area contributed by atoms with E-state index >= 15 is 0 Å². The van der Waals surface area contributed by atoms with E-state index in [2.05, 4.69) is 28.9 Å². The summed E-state index contributed by atoms with van der Waals surface area (Å²) >= 11 is 8.37. The highest BCUT2D eigenvalue weighted by atomic mass is 35.5. The molecule has 1 saturated heterocycles. The molecule has 1 fully saturated rings. The Bertz CT molecular complexity index is 1030. The summed E-state index contributed by atoms with van der Waals surface area (Å²) in [6, 6.07) is 12.2. The van der Waals surface area contributed by atoms with Crippen LogP contribution in [0.3, 0.4) is 0 Å². The first-order chi connectivity index (χ1) is 13.2. The van der Waals surface area contributed by atoms with Crippen LogP contribution in [0.25, 0.3) is 21.2 Å². The molecule has 2 aromatic carbocycles. The molecule has 0 unspecified atom stereocenters. The minimum absolute atomic E-state index is 0.0124. The van der Waals surface area contributed by atoms with E-state index in [1.54, 1.807) is 17.4 Å². The van der Waals surface area contributed by atoms with Gasteiger partial charge in [0.05, 0.1) is 12.2 Å². The predicted molar refractivity (Wildman–Crippen MR) is 110 cm³/mol. The third-order valence-electron chi connectivity index (χ3n) is 5.41. The van der Waals surface area contributed by atoms with Gasteiger partial charge in [0.15, 0.2) is 0 Å². The van der Waals surface area contributed by atoms with Gasteiger partial charge in [-0.3, -0.25) is 4.79 Å². The van der Waals surface area contributed by atoms with E-state index in [0.717, 1.165) is 37.2 Å². The zero-order chi connectivity index (χ0) is 18.4. The van der Waals surface area contributed by atoms with Gasteiger partial charge in [-0.15, -0.1) is 11.3 Å². The van der Waals surface area contributed by atoms with E-state index in [9.17, 15) is 4.79 Å². The van der Waals surface area contributed by atoms with Crippen LogP contribution < -0.4 is 10.1 Å². The van der Waals surface area contributed by atoms with Crippen molar-refractivity contribution >= 4 is 38.9 Å². The first-order valence-corrected chi connectivity index (χ1v) is 10.4. The molecular formula is C21H19ClN2O2S. The van der Waals surface area contributed by atoms with Crippen molar-refractivity contribution < 1.29 is 9.53 Å². The highest BCUT2D eigenvalue weighted by Crippen LogP contribution is 2.40. The van der Waals surface area contributed by atoms with Gasteiger partial charge in [0, 0.05) is 52.8 Å². The summed E-state index contributed by atoms with van der Waals surface area (Å²) in [6.07, 6.45) is 0.830. The van der Waals surface area contributed by atoms with E-state index in [-0.39, 0.29) is 11.9 Å². The van der Waals surface area contributed by atoms with Crippen molar-refractivity contribution in [1.82, 2.24) is 10.2 Å². The van der Waals surface area contributed by atoms with E-state index in [1.807, 2.05) is 17.0 Å². The third-order valence-corrected chi connectivity index (χ3v) is 6.60. The standard InChI is InChI=1S/C21H19ClN2O2S/c22-18-10-17-19(26-8-4-13-12-23-6-7-24(13)21(17)25)11-16(18)14-2-1-3-20-15(14)5-9-27-20/h1-3,5,9-11,13,23H,4,6-8,12H2/t13-/m0/s1. The second-order valence-electron chi connectivity index (χ2n) is 6.96. The Kier molecular flexibility index (Phi) is 4.31. The number of amides is 1. The number of nitrogens with zero attached hydrogens (tertiary/aromatic N) is 1. The fraction of sp³-hybridized carbons (Fsp3) is 0.286. The zero-order valence-electron chi connectivity index (χ0n) is 14.7. The normalized spacial score (nSPS) is 19.8. The topological polar surface area (TPSA) is 41.6 Å². The van der Waals surface area contributed by atoms with Crippen LogP contribution in [0.15, 0.2) is 41.8 Å². The lowest BCUT2D eigenvalue weighted by Crippen LogP contribution is -2.54. The van der Waals surface area contributed by atoms with Crippen LogP contribution in [0.2, 0.25) is 5.02 Å². The molecule has 2 aliphatic heterocycles. The Morgan fingerprint density at radius 3 is 3.04 bits per heavy atom. The summed E-state index contributed by atoms with van der Waals surface area (Å²) in [5.74, 6) is 0.641. The van der Waals surface area contributed by atoms with Crippen molar-refractivity contribution in [1.29, 1.82) is 0 Å². The minimum atomic E-state index is 0.0124. The third kappa shape index (κ3) is 2.90. The number of thiophene rings is 1. The van der Waals surface area contributed by atoms with Gasteiger partial charge < -0.3 is 15.0 Å². The van der Waals surface area contributed by atoms with Gasteiger partial charge in [0.2, 0.25) is 0 Å². The summed E-state index contributed by atoms with van der Waals surface area (Å²) in [6.45, 7) is 2.95. The maximum atomic E-state index is 13.2. The van der Waals surface area contributed by atoms with Crippen LogP contribution in [-0.4, -0.2) is 43.1 Å². The highest BCUT2D eigenvalue weighted by Gasteiger charge is 2.31. The number of nitrogens with one attached hydrogen (secondary N) is 1. The molecule has 2 aliphatic rings. The van der Waals surface area contributed by atoms with Crippen molar-refractivity contribution in [3.05, 3.63) is 52.4 Å². The average molecular weight is 399 g/mol. The summed E-state index contributed by atoms with van der Waals surface area (Å²) in [5, 5.41) is 7.19. The molecule has 4 nitrogen and oxygen atoms in total. The number of carbonyl (C=O) groups is 1. The van der Waals surface area contributed by atoms with E-state index in [4.69, 9.17) is 16.3 Å². The van der Waals surface area contributed by atoms with E-state index < -0.39 is 0 Å². The molecule has 5 rings (SSSR count). The monoisotopic (exact) mass is 398 g/mol. The molecule has 1 N–H and O–H groups in total. The van der Waals surface area contributed by atoms with Crippen molar-refractivity contribution in [3.8, 4) is 16.9 Å². The molecule has 1 aromatic heterocycles. The van der Waals surface area contributed by atoms with Crippen LogP contribution in [0, 0.1) is 0 Å². The lowest BCUT2D eigenvalue weighted by Gasteiger charge is -2.38. The van der Waals surface area contributed by atoms with Crippen LogP contribution in [-0.2, 0) is 0 Å². The van der Waals surface area contributed by atoms with Crippen molar-refractivity contribution in [2.45, 2.75) is 12.5 Å². The Morgan fingerprint density at radius 1 is 1.19 bits per heavy atom. The average Bonchev–Trinajstić information content (AvgIpc) is 3.17. The minimum Gasteiger partial charge on any atom is -0.493 e. The van der Waals surface area contributed by atoms with Crippen molar-refractivity contribution in [2.24, 2.45) is 0 Å². The second kappa shape index (κ2) is 6.82. The lowest BCUT2D eigenvalue weighted by molar-refractivity contribution is 0.0576.